The largest absolute Gasteiger partial charge is 0.378 e. The Labute approximate surface area is 110 Å². The van der Waals surface area contributed by atoms with E-state index in [-0.39, 0.29) is 16.2 Å². The highest BCUT2D eigenvalue weighted by molar-refractivity contribution is 9.09. The van der Waals surface area contributed by atoms with Crippen molar-refractivity contribution in [3.05, 3.63) is 35.6 Å². The van der Waals surface area contributed by atoms with Crippen molar-refractivity contribution in [2.24, 2.45) is 0 Å². The third kappa shape index (κ3) is 3.08. The molecule has 3 heteroatoms. The molecule has 1 nitrogen and oxygen atoms in total. The Kier molecular flexibility index (Phi) is 4.21. The minimum atomic E-state index is -0.114. The van der Waals surface area contributed by atoms with Crippen LogP contribution in [0.15, 0.2) is 24.3 Å². The summed E-state index contributed by atoms with van der Waals surface area (Å²) in [6.07, 6.45) is 5.18. The number of halogens is 2. The topological polar surface area (TPSA) is 9.23 Å². The van der Waals surface area contributed by atoms with E-state index in [2.05, 4.69) is 15.9 Å². The molecule has 0 aromatic heterocycles. The summed E-state index contributed by atoms with van der Waals surface area (Å²) in [6, 6.07) is 6.98. The van der Waals surface area contributed by atoms with Crippen molar-refractivity contribution < 1.29 is 9.13 Å². The van der Waals surface area contributed by atoms with E-state index in [0.29, 0.717) is 0 Å². The number of rotatable bonds is 5. The molecule has 1 fully saturated rings. The Morgan fingerprint density at radius 3 is 2.65 bits per heavy atom. The molecule has 0 heterocycles. The maximum absolute atomic E-state index is 13.5. The first-order chi connectivity index (χ1) is 8.15. The van der Waals surface area contributed by atoms with Crippen LogP contribution in [-0.4, -0.2) is 17.5 Å². The quantitative estimate of drug-likeness (QED) is 0.744. The Balaban J connectivity index is 1.93. The van der Waals surface area contributed by atoms with Crippen LogP contribution in [0, 0.1) is 5.82 Å². The lowest BCUT2D eigenvalue weighted by Crippen LogP contribution is -2.41. The summed E-state index contributed by atoms with van der Waals surface area (Å²) < 4.78 is 19.1. The van der Waals surface area contributed by atoms with Gasteiger partial charge in [-0.1, -0.05) is 34.1 Å². The fourth-order valence-electron chi connectivity index (χ4n) is 2.44. The average Bonchev–Trinajstić information content (AvgIpc) is 2.27. The molecule has 1 aliphatic rings. The number of hydrogen-bond acceptors (Lipinski definition) is 1. The lowest BCUT2D eigenvalue weighted by molar-refractivity contribution is -0.0771. The SMILES string of the molecule is COC1(CC(Br)Cc2ccccc2F)CCC1. The molecule has 0 aliphatic heterocycles. The van der Waals surface area contributed by atoms with Gasteiger partial charge in [0.05, 0.1) is 5.60 Å². The monoisotopic (exact) mass is 300 g/mol. The molecule has 1 aliphatic carbocycles. The second-order valence-electron chi connectivity index (χ2n) is 4.84. The zero-order valence-electron chi connectivity index (χ0n) is 10.1. The van der Waals surface area contributed by atoms with Crippen molar-refractivity contribution in [2.75, 3.05) is 7.11 Å². The zero-order chi connectivity index (χ0) is 12.3. The summed E-state index contributed by atoms with van der Waals surface area (Å²) in [5, 5.41) is 0. The molecule has 1 unspecified atom stereocenters. The highest BCUT2D eigenvalue weighted by Crippen LogP contribution is 2.40. The summed E-state index contributed by atoms with van der Waals surface area (Å²) >= 11 is 3.65. The number of alkyl halides is 1. The minimum absolute atomic E-state index is 0.0411. The van der Waals surface area contributed by atoms with Crippen LogP contribution in [0.1, 0.15) is 31.2 Å². The number of methoxy groups -OCH3 is 1. The van der Waals surface area contributed by atoms with Crippen molar-refractivity contribution in [3.63, 3.8) is 0 Å². The fraction of sp³-hybridized carbons (Fsp3) is 0.571. The number of hydrogen-bond donors (Lipinski definition) is 0. The van der Waals surface area contributed by atoms with Crippen molar-refractivity contribution in [2.45, 2.75) is 42.5 Å². The van der Waals surface area contributed by atoms with Gasteiger partial charge in [0, 0.05) is 11.9 Å². The Hall–Kier alpha value is -0.410. The van der Waals surface area contributed by atoms with Crippen molar-refractivity contribution in [3.8, 4) is 0 Å². The molecular formula is C14H18BrFO. The van der Waals surface area contributed by atoms with Gasteiger partial charge in [0.15, 0.2) is 0 Å². The second-order valence-corrected chi connectivity index (χ2v) is 6.13. The lowest BCUT2D eigenvalue weighted by Gasteiger charge is -2.42. The van der Waals surface area contributed by atoms with Crippen LogP contribution >= 0.6 is 15.9 Å². The molecule has 2 rings (SSSR count). The minimum Gasteiger partial charge on any atom is -0.378 e. The van der Waals surface area contributed by atoms with Crippen LogP contribution in [0.3, 0.4) is 0 Å². The highest BCUT2D eigenvalue weighted by Gasteiger charge is 2.38. The smallest absolute Gasteiger partial charge is 0.126 e. The van der Waals surface area contributed by atoms with E-state index in [1.54, 1.807) is 13.2 Å². The van der Waals surface area contributed by atoms with E-state index in [4.69, 9.17) is 4.74 Å². The predicted molar refractivity (Wildman–Crippen MR) is 71.0 cm³/mol. The van der Waals surface area contributed by atoms with E-state index in [9.17, 15) is 4.39 Å². The summed E-state index contributed by atoms with van der Waals surface area (Å²) in [7, 11) is 1.78. The van der Waals surface area contributed by atoms with Gasteiger partial charge in [-0.3, -0.25) is 0 Å². The van der Waals surface area contributed by atoms with E-state index in [1.807, 2.05) is 12.1 Å². The highest BCUT2D eigenvalue weighted by atomic mass is 79.9. The average molecular weight is 301 g/mol. The van der Waals surface area contributed by atoms with Crippen LogP contribution in [0.2, 0.25) is 0 Å². The van der Waals surface area contributed by atoms with E-state index >= 15 is 0 Å². The van der Waals surface area contributed by atoms with Crippen LogP contribution in [0.5, 0.6) is 0 Å². The first kappa shape index (κ1) is 13.0. The summed E-state index contributed by atoms with van der Waals surface area (Å²) in [5.74, 6) is -0.114. The standard InChI is InChI=1S/C14H18BrFO/c1-17-14(7-4-8-14)10-12(15)9-11-5-2-3-6-13(11)16/h2-3,5-6,12H,4,7-10H2,1H3. The maximum Gasteiger partial charge on any atom is 0.126 e. The third-order valence-corrected chi connectivity index (χ3v) is 4.34. The van der Waals surface area contributed by atoms with Gasteiger partial charge in [0.2, 0.25) is 0 Å². The number of ether oxygens (including phenoxy) is 1. The molecule has 1 aromatic carbocycles. The molecule has 17 heavy (non-hydrogen) atoms. The molecule has 0 spiro atoms. The van der Waals surface area contributed by atoms with Crippen LogP contribution in [-0.2, 0) is 11.2 Å². The molecular weight excluding hydrogens is 283 g/mol. The van der Waals surface area contributed by atoms with Crippen molar-refractivity contribution in [1.29, 1.82) is 0 Å². The van der Waals surface area contributed by atoms with Gasteiger partial charge in [-0.25, -0.2) is 4.39 Å². The summed E-state index contributed by atoms with van der Waals surface area (Å²) in [5.41, 5.74) is 0.819. The molecule has 1 saturated carbocycles. The van der Waals surface area contributed by atoms with Gasteiger partial charge >= 0.3 is 0 Å². The van der Waals surface area contributed by atoms with Gasteiger partial charge in [-0.05, 0) is 43.7 Å². The molecule has 0 bridgehead atoms. The fourth-order valence-corrected chi connectivity index (χ4v) is 3.38. The molecule has 1 aromatic rings. The first-order valence-corrected chi connectivity index (χ1v) is 6.99. The lowest BCUT2D eigenvalue weighted by atomic mass is 9.76. The zero-order valence-corrected chi connectivity index (χ0v) is 11.7. The van der Waals surface area contributed by atoms with E-state index in [1.165, 1.54) is 12.5 Å². The predicted octanol–water partition coefficient (Wildman–Crippen LogP) is 4.09. The summed E-state index contributed by atoms with van der Waals surface area (Å²) in [6.45, 7) is 0. The van der Waals surface area contributed by atoms with Crippen molar-refractivity contribution in [1.82, 2.24) is 0 Å². The second kappa shape index (κ2) is 5.49. The van der Waals surface area contributed by atoms with Crippen molar-refractivity contribution >= 4 is 15.9 Å². The molecule has 0 N–H and O–H groups in total. The van der Waals surface area contributed by atoms with Crippen LogP contribution in [0.25, 0.3) is 0 Å². The maximum atomic E-state index is 13.5. The Bertz CT molecular complexity index is 371. The molecule has 94 valence electrons. The van der Waals surface area contributed by atoms with Gasteiger partial charge in [-0.2, -0.15) is 0 Å². The first-order valence-electron chi connectivity index (χ1n) is 6.08. The molecule has 0 saturated heterocycles. The third-order valence-electron chi connectivity index (χ3n) is 3.69. The molecule has 0 radical (unpaired) electrons. The van der Waals surface area contributed by atoms with Gasteiger partial charge < -0.3 is 4.74 Å². The summed E-state index contributed by atoms with van der Waals surface area (Å²) in [4.78, 5) is 0.277. The Morgan fingerprint density at radius 1 is 1.41 bits per heavy atom. The Morgan fingerprint density at radius 2 is 2.12 bits per heavy atom. The molecule has 1 atom stereocenters. The molecule has 0 amide bonds. The van der Waals surface area contributed by atoms with Gasteiger partial charge in [0.25, 0.3) is 0 Å². The number of benzene rings is 1. The van der Waals surface area contributed by atoms with Gasteiger partial charge in [0.1, 0.15) is 5.82 Å². The van der Waals surface area contributed by atoms with Crippen LogP contribution in [0.4, 0.5) is 4.39 Å². The normalized spacial score (nSPS) is 19.7. The van der Waals surface area contributed by atoms with Crippen LogP contribution < -0.4 is 0 Å². The van der Waals surface area contributed by atoms with E-state index in [0.717, 1.165) is 31.2 Å². The van der Waals surface area contributed by atoms with Gasteiger partial charge in [-0.15, -0.1) is 0 Å². The van der Waals surface area contributed by atoms with E-state index < -0.39 is 0 Å².